The average Bonchev–Trinajstić information content (AvgIpc) is 2.51. The van der Waals surface area contributed by atoms with Gasteiger partial charge in [0.15, 0.2) is 9.84 Å². The molecule has 0 spiro atoms. The predicted molar refractivity (Wildman–Crippen MR) is 86.8 cm³/mol. The predicted octanol–water partition coefficient (Wildman–Crippen LogP) is 2.98. The number of halogens is 1. The van der Waals surface area contributed by atoms with Crippen molar-refractivity contribution in [3.8, 4) is 5.75 Å². The molecule has 0 aliphatic rings. The summed E-state index contributed by atoms with van der Waals surface area (Å²) in [4.78, 5) is 12.0. The van der Waals surface area contributed by atoms with Gasteiger partial charge in [-0.1, -0.05) is 23.7 Å². The van der Waals surface area contributed by atoms with Crippen molar-refractivity contribution in [1.82, 2.24) is 0 Å². The minimum Gasteiger partial charge on any atom is -0.490 e. The zero-order chi connectivity index (χ0) is 16.9. The summed E-state index contributed by atoms with van der Waals surface area (Å²) >= 11 is 5.83. The summed E-state index contributed by atoms with van der Waals surface area (Å²) < 4.78 is 33.4. The second kappa shape index (κ2) is 7.48. The van der Waals surface area contributed by atoms with Crippen LogP contribution in [-0.2, 0) is 14.6 Å². The molecule has 0 heterocycles. The number of rotatable bonds is 6. The van der Waals surface area contributed by atoms with Crippen LogP contribution in [-0.4, -0.2) is 33.9 Å². The molecule has 2 aromatic carbocycles. The Morgan fingerprint density at radius 2 is 1.83 bits per heavy atom. The van der Waals surface area contributed by atoms with Crippen molar-refractivity contribution in [1.29, 1.82) is 0 Å². The summed E-state index contributed by atoms with van der Waals surface area (Å²) in [5, 5.41) is 0.553. The Morgan fingerprint density at radius 1 is 1.09 bits per heavy atom. The fourth-order valence-corrected chi connectivity index (χ4v) is 2.63. The highest BCUT2D eigenvalue weighted by molar-refractivity contribution is 7.90. The zero-order valence-electron chi connectivity index (χ0n) is 12.4. The molecule has 0 fully saturated rings. The molecule has 0 unspecified atom stereocenters. The lowest BCUT2D eigenvalue weighted by atomic mass is 10.2. The third-order valence-electron chi connectivity index (χ3n) is 2.88. The highest BCUT2D eigenvalue weighted by Crippen LogP contribution is 2.17. The smallest absolute Gasteiger partial charge is 0.338 e. The molecule has 0 amide bonds. The van der Waals surface area contributed by atoms with Gasteiger partial charge in [-0.2, -0.15) is 0 Å². The molecule has 7 heteroatoms. The van der Waals surface area contributed by atoms with Crippen LogP contribution in [0.4, 0.5) is 0 Å². The van der Waals surface area contributed by atoms with E-state index in [1.807, 2.05) is 0 Å². The number of ether oxygens (including phenoxy) is 2. The molecule has 0 saturated carbocycles. The molecule has 23 heavy (non-hydrogen) atoms. The van der Waals surface area contributed by atoms with Crippen molar-refractivity contribution < 1.29 is 22.7 Å². The molecular weight excluding hydrogens is 340 g/mol. The first-order valence-corrected chi connectivity index (χ1v) is 8.99. The Kier molecular flexibility index (Phi) is 5.63. The van der Waals surface area contributed by atoms with Crippen LogP contribution in [0.3, 0.4) is 0 Å². The number of hydrogen-bond acceptors (Lipinski definition) is 5. The molecule has 0 aliphatic carbocycles. The largest absolute Gasteiger partial charge is 0.490 e. The van der Waals surface area contributed by atoms with Gasteiger partial charge < -0.3 is 9.47 Å². The molecule has 0 bridgehead atoms. The van der Waals surface area contributed by atoms with Crippen LogP contribution < -0.4 is 4.74 Å². The van der Waals surface area contributed by atoms with E-state index in [9.17, 15) is 13.2 Å². The van der Waals surface area contributed by atoms with Gasteiger partial charge >= 0.3 is 5.97 Å². The third kappa shape index (κ3) is 5.26. The van der Waals surface area contributed by atoms with Crippen molar-refractivity contribution in [3.63, 3.8) is 0 Å². The highest BCUT2D eigenvalue weighted by atomic mass is 35.5. The van der Waals surface area contributed by atoms with E-state index in [1.54, 1.807) is 24.3 Å². The molecule has 2 rings (SSSR count). The highest BCUT2D eigenvalue weighted by Gasteiger charge is 2.12. The van der Waals surface area contributed by atoms with Crippen LogP contribution in [0.2, 0.25) is 5.02 Å². The van der Waals surface area contributed by atoms with E-state index in [-0.39, 0.29) is 23.7 Å². The van der Waals surface area contributed by atoms with Crippen molar-refractivity contribution in [2.45, 2.75) is 4.90 Å². The Bertz CT molecular complexity index is 802. The lowest BCUT2D eigenvalue weighted by molar-refractivity contribution is 0.0450. The fraction of sp³-hybridized carbons (Fsp3) is 0.188. The maximum atomic E-state index is 11.9. The Balaban J connectivity index is 1.88. The first-order chi connectivity index (χ1) is 10.9. The molecule has 0 aromatic heterocycles. The van der Waals surface area contributed by atoms with Crippen molar-refractivity contribution >= 4 is 27.4 Å². The number of carbonyl (C=O) groups excluding carboxylic acids is 1. The summed E-state index contributed by atoms with van der Waals surface area (Å²) in [5.74, 6) is -0.0298. The maximum absolute atomic E-state index is 11.9. The van der Waals surface area contributed by atoms with Gasteiger partial charge in [-0.15, -0.1) is 0 Å². The number of hydrogen-bond donors (Lipinski definition) is 0. The standard InChI is InChI=1S/C16H15ClO5S/c1-23(19,20)15-7-2-4-12(10-15)16(18)22-9-8-21-14-6-3-5-13(17)11-14/h2-7,10-11H,8-9H2,1H3. The molecule has 2 aromatic rings. The minimum absolute atomic E-state index is 0.0362. The van der Waals surface area contributed by atoms with Gasteiger partial charge in [0.1, 0.15) is 19.0 Å². The van der Waals surface area contributed by atoms with Crippen LogP contribution in [0.1, 0.15) is 10.4 Å². The van der Waals surface area contributed by atoms with Crippen molar-refractivity contribution in [2.75, 3.05) is 19.5 Å². The van der Waals surface area contributed by atoms with Crippen LogP contribution in [0.25, 0.3) is 0 Å². The van der Waals surface area contributed by atoms with Crippen LogP contribution >= 0.6 is 11.6 Å². The molecule has 122 valence electrons. The molecule has 0 radical (unpaired) electrons. The summed E-state index contributed by atoms with van der Waals surface area (Å²) in [6.07, 6.45) is 1.08. The summed E-state index contributed by atoms with van der Waals surface area (Å²) in [6.45, 7) is 0.201. The Labute approximate surface area is 139 Å². The van der Waals surface area contributed by atoms with Gasteiger partial charge in [0.25, 0.3) is 0 Å². The quantitative estimate of drug-likeness (QED) is 0.589. The fourth-order valence-electron chi connectivity index (χ4n) is 1.79. The number of esters is 1. The van der Waals surface area contributed by atoms with Gasteiger partial charge in [0.2, 0.25) is 0 Å². The SMILES string of the molecule is CS(=O)(=O)c1cccc(C(=O)OCCOc2cccc(Cl)c2)c1. The van der Waals surface area contributed by atoms with Crippen LogP contribution in [0.15, 0.2) is 53.4 Å². The molecule has 0 saturated heterocycles. The van der Waals surface area contributed by atoms with E-state index in [0.29, 0.717) is 10.8 Å². The van der Waals surface area contributed by atoms with Gasteiger partial charge in [-0.3, -0.25) is 0 Å². The number of benzene rings is 2. The minimum atomic E-state index is -3.37. The average molecular weight is 355 g/mol. The monoisotopic (exact) mass is 354 g/mol. The van der Waals surface area contributed by atoms with Crippen molar-refractivity contribution in [3.05, 3.63) is 59.1 Å². The van der Waals surface area contributed by atoms with E-state index < -0.39 is 15.8 Å². The van der Waals surface area contributed by atoms with Crippen molar-refractivity contribution in [2.24, 2.45) is 0 Å². The van der Waals surface area contributed by atoms with Gasteiger partial charge in [0, 0.05) is 11.3 Å². The number of sulfone groups is 1. The maximum Gasteiger partial charge on any atom is 0.338 e. The molecule has 0 atom stereocenters. The van der Waals surface area contributed by atoms with Crippen LogP contribution in [0, 0.1) is 0 Å². The second-order valence-corrected chi connectivity index (χ2v) is 7.19. The van der Waals surface area contributed by atoms with Gasteiger partial charge in [0.05, 0.1) is 10.5 Å². The van der Waals surface area contributed by atoms with E-state index in [1.165, 1.54) is 24.3 Å². The second-order valence-electron chi connectivity index (χ2n) is 4.74. The van der Waals surface area contributed by atoms with Gasteiger partial charge in [-0.05, 0) is 36.4 Å². The van der Waals surface area contributed by atoms with E-state index >= 15 is 0 Å². The first kappa shape index (κ1) is 17.3. The lowest BCUT2D eigenvalue weighted by Gasteiger charge is -2.08. The molecule has 5 nitrogen and oxygen atoms in total. The Hall–Kier alpha value is -2.05. The van der Waals surface area contributed by atoms with E-state index in [2.05, 4.69) is 0 Å². The van der Waals surface area contributed by atoms with E-state index in [0.717, 1.165) is 6.26 Å². The van der Waals surface area contributed by atoms with Gasteiger partial charge in [-0.25, -0.2) is 13.2 Å². The summed E-state index contributed by atoms with van der Waals surface area (Å²) in [6, 6.07) is 12.6. The lowest BCUT2D eigenvalue weighted by Crippen LogP contribution is -2.13. The van der Waals surface area contributed by atoms with E-state index in [4.69, 9.17) is 21.1 Å². The normalized spacial score (nSPS) is 11.0. The molecule has 0 aliphatic heterocycles. The van der Waals surface area contributed by atoms with Crippen LogP contribution in [0.5, 0.6) is 5.75 Å². The summed E-state index contributed by atoms with van der Waals surface area (Å²) in [5.41, 5.74) is 0.177. The topological polar surface area (TPSA) is 69.7 Å². The zero-order valence-corrected chi connectivity index (χ0v) is 13.9. The third-order valence-corrected chi connectivity index (χ3v) is 4.22. The number of carbonyl (C=O) groups is 1. The molecular formula is C16H15ClO5S. The first-order valence-electron chi connectivity index (χ1n) is 6.72. The Morgan fingerprint density at radius 3 is 2.52 bits per heavy atom. The molecule has 0 N–H and O–H groups in total. The summed E-state index contributed by atoms with van der Waals surface area (Å²) in [7, 11) is -3.37.